The van der Waals surface area contributed by atoms with Gasteiger partial charge in [0.2, 0.25) is 11.8 Å². The Morgan fingerprint density at radius 1 is 1.19 bits per heavy atom. The number of carbonyl (C=O) groups is 2. The normalized spacial score (nSPS) is 17.0. The van der Waals surface area contributed by atoms with E-state index in [1.54, 1.807) is 11.9 Å². The Labute approximate surface area is 182 Å². The molecule has 31 heavy (non-hydrogen) atoms. The molecule has 1 atom stereocenters. The molecule has 2 N–H and O–H groups in total. The third-order valence-electron chi connectivity index (χ3n) is 5.92. The van der Waals surface area contributed by atoms with Gasteiger partial charge in [-0.2, -0.15) is 0 Å². The average molecular weight is 420 g/mol. The van der Waals surface area contributed by atoms with E-state index < -0.39 is 6.04 Å². The van der Waals surface area contributed by atoms with Crippen molar-refractivity contribution in [3.05, 3.63) is 65.5 Å². The molecule has 7 nitrogen and oxygen atoms in total. The summed E-state index contributed by atoms with van der Waals surface area (Å²) in [4.78, 5) is 37.2. The highest BCUT2D eigenvalue weighted by Gasteiger charge is 2.32. The van der Waals surface area contributed by atoms with Crippen LogP contribution >= 0.6 is 0 Å². The Morgan fingerprint density at radius 3 is 2.77 bits per heavy atom. The molecule has 2 heterocycles. The van der Waals surface area contributed by atoms with Gasteiger partial charge in [0.25, 0.3) is 0 Å². The molecule has 1 saturated heterocycles. The van der Waals surface area contributed by atoms with E-state index in [1.807, 2.05) is 43.3 Å². The van der Waals surface area contributed by atoms with Crippen LogP contribution in [0.1, 0.15) is 23.4 Å². The molecule has 0 spiro atoms. The van der Waals surface area contributed by atoms with Crippen LogP contribution in [-0.2, 0) is 22.6 Å². The third-order valence-corrected chi connectivity index (χ3v) is 5.92. The number of fused-ring (bicyclic) bond motifs is 1. The van der Waals surface area contributed by atoms with Crippen LogP contribution in [0, 0.1) is 6.92 Å². The summed E-state index contributed by atoms with van der Waals surface area (Å²) in [5.74, 6) is 0.610. The summed E-state index contributed by atoms with van der Waals surface area (Å²) < 4.78 is 0. The zero-order valence-electron chi connectivity index (χ0n) is 18.1. The Morgan fingerprint density at radius 2 is 2.00 bits per heavy atom. The quantitative estimate of drug-likeness (QED) is 0.616. The third kappa shape index (κ3) is 4.94. The summed E-state index contributed by atoms with van der Waals surface area (Å²) in [7, 11) is 1.76. The maximum Gasteiger partial charge on any atom is 0.237 e. The number of imidazole rings is 1. The first-order valence-corrected chi connectivity index (χ1v) is 10.7. The second-order valence-corrected chi connectivity index (χ2v) is 8.19. The minimum Gasteiger partial charge on any atom is -0.353 e. The van der Waals surface area contributed by atoms with Gasteiger partial charge in [-0.15, -0.1) is 0 Å². The van der Waals surface area contributed by atoms with Gasteiger partial charge >= 0.3 is 0 Å². The van der Waals surface area contributed by atoms with Crippen molar-refractivity contribution >= 4 is 22.8 Å². The molecular formula is C24H29N5O2. The molecule has 2 aromatic carbocycles. The molecule has 7 heteroatoms. The van der Waals surface area contributed by atoms with Gasteiger partial charge < -0.3 is 15.2 Å². The Hall–Kier alpha value is -3.19. The Balaban J connectivity index is 1.39. The number of aromatic amines is 1. The first-order chi connectivity index (χ1) is 15.0. The number of rotatable bonds is 7. The van der Waals surface area contributed by atoms with E-state index in [0.29, 0.717) is 13.1 Å². The molecule has 2 amide bonds. The lowest BCUT2D eigenvalue weighted by Crippen LogP contribution is -2.56. The average Bonchev–Trinajstić information content (AvgIpc) is 3.18. The predicted molar refractivity (Wildman–Crippen MR) is 120 cm³/mol. The topological polar surface area (TPSA) is 81.3 Å². The number of aryl methyl sites for hydroxylation is 1. The van der Waals surface area contributed by atoms with E-state index in [9.17, 15) is 9.59 Å². The number of amides is 2. The summed E-state index contributed by atoms with van der Waals surface area (Å²) in [6.45, 7) is 4.52. The van der Waals surface area contributed by atoms with Gasteiger partial charge in [-0.1, -0.05) is 42.5 Å². The van der Waals surface area contributed by atoms with Crippen LogP contribution in [0.2, 0.25) is 0 Å². The fourth-order valence-electron chi connectivity index (χ4n) is 4.10. The molecule has 3 aromatic rings. The maximum atomic E-state index is 12.9. The van der Waals surface area contributed by atoms with E-state index in [0.717, 1.165) is 41.9 Å². The highest BCUT2D eigenvalue weighted by atomic mass is 16.2. The van der Waals surface area contributed by atoms with E-state index in [4.69, 9.17) is 0 Å². The lowest BCUT2D eigenvalue weighted by atomic mass is 10.1. The monoisotopic (exact) mass is 419 g/mol. The smallest absolute Gasteiger partial charge is 0.237 e. The molecule has 1 aliphatic rings. The van der Waals surface area contributed by atoms with Crippen LogP contribution in [0.25, 0.3) is 11.0 Å². The molecule has 4 rings (SSSR count). The maximum absolute atomic E-state index is 12.9. The van der Waals surface area contributed by atoms with Crippen molar-refractivity contribution in [2.24, 2.45) is 0 Å². The Kier molecular flexibility index (Phi) is 6.32. The molecule has 162 valence electrons. The minimum absolute atomic E-state index is 0.0658. The largest absolute Gasteiger partial charge is 0.353 e. The van der Waals surface area contributed by atoms with Crippen molar-refractivity contribution in [3.63, 3.8) is 0 Å². The molecule has 0 unspecified atom stereocenters. The van der Waals surface area contributed by atoms with Gasteiger partial charge in [-0.25, -0.2) is 4.98 Å². The molecule has 1 aromatic heterocycles. The van der Waals surface area contributed by atoms with Gasteiger partial charge in [-0.05, 0) is 30.5 Å². The van der Waals surface area contributed by atoms with Crippen LogP contribution in [0.5, 0.6) is 0 Å². The van der Waals surface area contributed by atoms with Crippen molar-refractivity contribution in [2.75, 3.05) is 26.7 Å². The molecule has 0 aliphatic carbocycles. The zero-order chi connectivity index (χ0) is 21.8. The van der Waals surface area contributed by atoms with Crippen LogP contribution in [0.15, 0.2) is 48.5 Å². The lowest BCUT2D eigenvalue weighted by Gasteiger charge is -2.35. The van der Waals surface area contributed by atoms with Gasteiger partial charge in [-0.3, -0.25) is 14.5 Å². The van der Waals surface area contributed by atoms with Crippen LogP contribution < -0.4 is 5.32 Å². The first-order valence-electron chi connectivity index (χ1n) is 10.7. The number of H-pyrrole nitrogens is 1. The SMILES string of the molecule is Cc1cccc2[nH]c(CN(C)C(=O)C[C@@H]3C(=O)NCCN3CCc3ccccc3)nc12. The lowest BCUT2D eigenvalue weighted by molar-refractivity contribution is -0.138. The second kappa shape index (κ2) is 9.31. The van der Waals surface area contributed by atoms with Crippen molar-refractivity contribution in [2.45, 2.75) is 32.4 Å². The standard InChI is InChI=1S/C24H29N5O2/c1-17-7-6-10-19-23(17)27-21(26-19)16-28(2)22(30)15-20-24(31)25-12-14-29(20)13-11-18-8-4-3-5-9-18/h3-10,20H,11-16H2,1-2H3,(H,25,31)(H,26,27)/t20-/m1/s1. The molecular weight excluding hydrogens is 390 g/mol. The van der Waals surface area contributed by atoms with Gasteiger partial charge in [0.1, 0.15) is 5.82 Å². The van der Waals surface area contributed by atoms with E-state index in [2.05, 4.69) is 32.3 Å². The predicted octanol–water partition coefficient (Wildman–Crippen LogP) is 2.26. The van der Waals surface area contributed by atoms with Crippen LogP contribution in [0.3, 0.4) is 0 Å². The molecule has 1 aliphatic heterocycles. The van der Waals surface area contributed by atoms with Crippen LogP contribution in [0.4, 0.5) is 0 Å². The minimum atomic E-state index is -0.440. The number of carbonyl (C=O) groups excluding carboxylic acids is 2. The number of hydrogen-bond donors (Lipinski definition) is 2. The van der Waals surface area contributed by atoms with Gasteiger partial charge in [0.05, 0.1) is 30.0 Å². The number of para-hydroxylation sites is 1. The van der Waals surface area contributed by atoms with Gasteiger partial charge in [0.15, 0.2) is 0 Å². The van der Waals surface area contributed by atoms with Crippen molar-refractivity contribution in [1.82, 2.24) is 25.1 Å². The molecule has 1 fully saturated rings. The first kappa shape index (κ1) is 21.1. The van der Waals surface area contributed by atoms with Crippen molar-refractivity contribution in [1.29, 1.82) is 0 Å². The zero-order valence-corrected chi connectivity index (χ0v) is 18.1. The number of hydrogen-bond acceptors (Lipinski definition) is 4. The molecule has 0 bridgehead atoms. The fraction of sp³-hybridized carbons (Fsp3) is 0.375. The molecule has 0 radical (unpaired) electrons. The highest BCUT2D eigenvalue weighted by Crippen LogP contribution is 2.17. The van der Waals surface area contributed by atoms with E-state index in [-0.39, 0.29) is 18.2 Å². The van der Waals surface area contributed by atoms with Crippen molar-refractivity contribution < 1.29 is 9.59 Å². The Bertz CT molecular complexity index is 1060. The summed E-state index contributed by atoms with van der Waals surface area (Å²) in [6.07, 6.45) is 1.02. The second-order valence-electron chi connectivity index (χ2n) is 8.19. The van der Waals surface area contributed by atoms with Gasteiger partial charge in [0, 0.05) is 26.7 Å². The summed E-state index contributed by atoms with van der Waals surface area (Å²) in [6, 6.07) is 15.8. The number of benzene rings is 2. The summed E-state index contributed by atoms with van der Waals surface area (Å²) in [5.41, 5.74) is 4.23. The molecule has 0 saturated carbocycles. The summed E-state index contributed by atoms with van der Waals surface area (Å²) in [5, 5.41) is 2.91. The van der Waals surface area contributed by atoms with E-state index in [1.165, 1.54) is 5.56 Å². The van der Waals surface area contributed by atoms with Crippen molar-refractivity contribution in [3.8, 4) is 0 Å². The number of nitrogens with zero attached hydrogens (tertiary/aromatic N) is 3. The van der Waals surface area contributed by atoms with Crippen LogP contribution in [-0.4, -0.2) is 64.3 Å². The number of aromatic nitrogens is 2. The highest BCUT2D eigenvalue weighted by molar-refractivity contribution is 5.88. The number of piperazine rings is 1. The summed E-state index contributed by atoms with van der Waals surface area (Å²) >= 11 is 0. The fourth-order valence-corrected chi connectivity index (χ4v) is 4.10. The van der Waals surface area contributed by atoms with E-state index >= 15 is 0 Å². The number of nitrogens with one attached hydrogen (secondary N) is 2.